The van der Waals surface area contributed by atoms with Crippen molar-refractivity contribution >= 4 is 5.91 Å². The number of aromatic nitrogens is 1. The van der Waals surface area contributed by atoms with E-state index in [1.54, 1.807) is 29.4 Å². The maximum absolute atomic E-state index is 12.4. The van der Waals surface area contributed by atoms with Gasteiger partial charge in [0.1, 0.15) is 0 Å². The number of hydrogen-bond donors (Lipinski definition) is 1. The van der Waals surface area contributed by atoms with Crippen LogP contribution in [0, 0.1) is 5.41 Å². The first-order valence-electron chi connectivity index (χ1n) is 6.61. The van der Waals surface area contributed by atoms with E-state index in [0.29, 0.717) is 36.8 Å². The van der Waals surface area contributed by atoms with Crippen molar-refractivity contribution < 1.29 is 13.7 Å². The summed E-state index contributed by atoms with van der Waals surface area (Å²) in [7, 11) is 0. The number of carbonyl (C=O) groups excluding carboxylic acids is 1. The van der Waals surface area contributed by atoms with Crippen LogP contribution in [-0.4, -0.2) is 35.6 Å². The lowest BCUT2D eigenvalue weighted by Gasteiger charge is -2.21. The van der Waals surface area contributed by atoms with Gasteiger partial charge in [0.15, 0.2) is 11.5 Å². The molecule has 1 aliphatic heterocycles. The van der Waals surface area contributed by atoms with Crippen molar-refractivity contribution in [1.82, 2.24) is 10.1 Å². The van der Waals surface area contributed by atoms with Crippen LogP contribution in [0.15, 0.2) is 33.4 Å². The van der Waals surface area contributed by atoms with Crippen LogP contribution in [0.1, 0.15) is 23.8 Å². The average molecular weight is 275 g/mol. The van der Waals surface area contributed by atoms with Gasteiger partial charge in [-0.15, -0.1) is 0 Å². The summed E-state index contributed by atoms with van der Waals surface area (Å²) < 4.78 is 10.4. The molecule has 1 unspecified atom stereocenters. The molecule has 0 spiro atoms. The summed E-state index contributed by atoms with van der Waals surface area (Å²) in [6.45, 7) is 4.03. The second kappa shape index (κ2) is 4.79. The molecule has 3 rings (SSSR count). The summed E-state index contributed by atoms with van der Waals surface area (Å²) >= 11 is 0. The van der Waals surface area contributed by atoms with Gasteiger partial charge in [-0.3, -0.25) is 4.79 Å². The largest absolute Gasteiger partial charge is 0.461 e. The molecule has 1 atom stereocenters. The normalized spacial score (nSPS) is 22.4. The molecule has 1 amide bonds. The molecule has 1 saturated heterocycles. The third-order valence-corrected chi connectivity index (χ3v) is 3.83. The number of furan rings is 1. The molecule has 6 heteroatoms. The zero-order valence-corrected chi connectivity index (χ0v) is 11.3. The molecule has 2 aromatic rings. The van der Waals surface area contributed by atoms with E-state index in [2.05, 4.69) is 12.1 Å². The molecule has 1 fully saturated rings. The number of carbonyl (C=O) groups is 1. The predicted molar refractivity (Wildman–Crippen MR) is 71.9 cm³/mol. The summed E-state index contributed by atoms with van der Waals surface area (Å²) in [5.74, 6) is 0.896. The zero-order chi connectivity index (χ0) is 14.2. The van der Waals surface area contributed by atoms with Crippen LogP contribution in [0.2, 0.25) is 0 Å². The number of amides is 1. The molecule has 0 bridgehead atoms. The van der Waals surface area contributed by atoms with Gasteiger partial charge in [-0.1, -0.05) is 12.1 Å². The Morgan fingerprint density at radius 3 is 3.05 bits per heavy atom. The van der Waals surface area contributed by atoms with E-state index in [0.717, 1.165) is 6.42 Å². The highest BCUT2D eigenvalue weighted by atomic mass is 16.5. The van der Waals surface area contributed by atoms with E-state index in [1.165, 1.54) is 0 Å². The maximum atomic E-state index is 12.4. The van der Waals surface area contributed by atoms with Crippen LogP contribution in [0.25, 0.3) is 11.5 Å². The SMILES string of the molecule is CC1(CN)CCN(C(=O)c2cc(-c3ccco3)on2)C1. The van der Waals surface area contributed by atoms with Gasteiger partial charge in [0, 0.05) is 19.2 Å². The van der Waals surface area contributed by atoms with E-state index in [4.69, 9.17) is 14.7 Å². The first-order chi connectivity index (χ1) is 9.61. The fourth-order valence-corrected chi connectivity index (χ4v) is 2.44. The van der Waals surface area contributed by atoms with Gasteiger partial charge in [0.05, 0.1) is 6.26 Å². The molecule has 1 aliphatic rings. The molecule has 3 heterocycles. The van der Waals surface area contributed by atoms with Gasteiger partial charge in [-0.2, -0.15) is 0 Å². The lowest BCUT2D eigenvalue weighted by atomic mass is 9.90. The van der Waals surface area contributed by atoms with E-state index in [1.807, 2.05) is 0 Å². The number of nitrogens with zero attached hydrogens (tertiary/aromatic N) is 2. The fraction of sp³-hybridized carbons (Fsp3) is 0.429. The summed E-state index contributed by atoms with van der Waals surface area (Å²) in [4.78, 5) is 14.1. The van der Waals surface area contributed by atoms with Crippen LogP contribution in [0.4, 0.5) is 0 Å². The highest BCUT2D eigenvalue weighted by Gasteiger charge is 2.36. The Morgan fingerprint density at radius 2 is 2.40 bits per heavy atom. The Labute approximate surface area is 116 Å². The molecule has 0 aromatic carbocycles. The van der Waals surface area contributed by atoms with E-state index >= 15 is 0 Å². The highest BCUT2D eigenvalue weighted by Crippen LogP contribution is 2.30. The Bertz CT molecular complexity index is 605. The van der Waals surface area contributed by atoms with Gasteiger partial charge in [0.25, 0.3) is 5.91 Å². The molecular weight excluding hydrogens is 258 g/mol. The number of likely N-dealkylation sites (tertiary alicyclic amines) is 1. The van der Waals surface area contributed by atoms with Crippen molar-refractivity contribution in [1.29, 1.82) is 0 Å². The molecule has 20 heavy (non-hydrogen) atoms. The molecule has 6 nitrogen and oxygen atoms in total. The average Bonchev–Trinajstić information content (AvgIpc) is 3.18. The fourth-order valence-electron chi connectivity index (χ4n) is 2.44. The van der Waals surface area contributed by atoms with Gasteiger partial charge < -0.3 is 19.6 Å². The second-order valence-corrected chi connectivity index (χ2v) is 5.55. The lowest BCUT2D eigenvalue weighted by molar-refractivity contribution is 0.0766. The maximum Gasteiger partial charge on any atom is 0.276 e. The molecule has 0 saturated carbocycles. The third kappa shape index (κ3) is 2.22. The van der Waals surface area contributed by atoms with Gasteiger partial charge in [-0.05, 0) is 30.5 Å². The number of hydrogen-bond acceptors (Lipinski definition) is 5. The predicted octanol–water partition coefficient (Wildman–Crippen LogP) is 1.75. The summed E-state index contributed by atoms with van der Waals surface area (Å²) in [5.41, 5.74) is 6.06. The van der Waals surface area contributed by atoms with Crippen LogP contribution >= 0.6 is 0 Å². The minimum Gasteiger partial charge on any atom is -0.461 e. The lowest BCUT2D eigenvalue weighted by Crippen LogP contribution is -2.34. The Kier molecular flexibility index (Phi) is 3.10. The quantitative estimate of drug-likeness (QED) is 0.922. The van der Waals surface area contributed by atoms with Crippen molar-refractivity contribution in [3.05, 3.63) is 30.2 Å². The van der Waals surface area contributed by atoms with Crippen LogP contribution in [0.3, 0.4) is 0 Å². The Hall–Kier alpha value is -2.08. The van der Waals surface area contributed by atoms with Crippen LogP contribution in [-0.2, 0) is 0 Å². The monoisotopic (exact) mass is 275 g/mol. The molecule has 0 aliphatic carbocycles. The molecule has 106 valence electrons. The molecule has 0 radical (unpaired) electrons. The highest BCUT2D eigenvalue weighted by molar-refractivity contribution is 5.93. The van der Waals surface area contributed by atoms with Crippen molar-refractivity contribution in [2.45, 2.75) is 13.3 Å². The molecule has 2 aromatic heterocycles. The summed E-state index contributed by atoms with van der Waals surface area (Å²) in [6.07, 6.45) is 2.46. The smallest absolute Gasteiger partial charge is 0.276 e. The molecular formula is C14H17N3O3. The Morgan fingerprint density at radius 1 is 1.55 bits per heavy atom. The van der Waals surface area contributed by atoms with Gasteiger partial charge >= 0.3 is 0 Å². The minimum absolute atomic E-state index is 0.00321. The zero-order valence-electron chi connectivity index (χ0n) is 11.3. The second-order valence-electron chi connectivity index (χ2n) is 5.55. The van der Waals surface area contributed by atoms with E-state index < -0.39 is 0 Å². The topological polar surface area (TPSA) is 85.5 Å². The van der Waals surface area contributed by atoms with Crippen molar-refractivity contribution in [2.75, 3.05) is 19.6 Å². The van der Waals surface area contributed by atoms with Gasteiger partial charge in [-0.25, -0.2) is 0 Å². The van der Waals surface area contributed by atoms with Crippen molar-refractivity contribution in [3.8, 4) is 11.5 Å². The van der Waals surface area contributed by atoms with Crippen molar-refractivity contribution in [2.24, 2.45) is 11.1 Å². The number of rotatable bonds is 3. The molecule has 2 N–H and O–H groups in total. The Balaban J connectivity index is 1.76. The first kappa shape index (κ1) is 12.9. The van der Waals surface area contributed by atoms with E-state index in [-0.39, 0.29) is 11.3 Å². The standard InChI is InChI=1S/C14H17N3O3/c1-14(8-15)4-5-17(9-14)13(18)10-7-12(20-16-10)11-3-2-6-19-11/h2-3,6-7H,4-5,8-9,15H2,1H3. The third-order valence-electron chi connectivity index (χ3n) is 3.83. The van der Waals surface area contributed by atoms with Crippen LogP contribution in [0.5, 0.6) is 0 Å². The number of nitrogens with two attached hydrogens (primary N) is 1. The minimum atomic E-state index is -0.122. The summed E-state index contributed by atoms with van der Waals surface area (Å²) in [6, 6.07) is 5.13. The summed E-state index contributed by atoms with van der Waals surface area (Å²) in [5, 5.41) is 3.83. The van der Waals surface area contributed by atoms with Gasteiger partial charge in [0.2, 0.25) is 5.76 Å². The first-order valence-corrected chi connectivity index (χ1v) is 6.61. The van der Waals surface area contributed by atoms with Crippen molar-refractivity contribution in [3.63, 3.8) is 0 Å². The van der Waals surface area contributed by atoms with Crippen LogP contribution < -0.4 is 5.73 Å². The van der Waals surface area contributed by atoms with E-state index in [9.17, 15) is 4.79 Å².